The van der Waals surface area contributed by atoms with Crippen molar-refractivity contribution in [3.8, 4) is 0 Å². The molecule has 1 aromatic rings. The van der Waals surface area contributed by atoms with Gasteiger partial charge in [0, 0.05) is 12.6 Å². The first kappa shape index (κ1) is 15.3. The minimum atomic E-state index is 0.489. The molecule has 1 unspecified atom stereocenters. The highest BCUT2D eigenvalue weighted by atomic mass is 79.9. The molecule has 0 amide bonds. The number of hydrogen-bond acceptors (Lipinski definition) is 3. The number of nitrogens with zero attached hydrogens (tertiary/aromatic N) is 2. The fourth-order valence-electron chi connectivity index (χ4n) is 1.86. The molecular formula is C14H24BrN3. The van der Waals surface area contributed by atoms with E-state index in [9.17, 15) is 0 Å². The Hall–Kier alpha value is -0.770. The summed E-state index contributed by atoms with van der Waals surface area (Å²) in [5.41, 5.74) is 7.70. The highest BCUT2D eigenvalue weighted by molar-refractivity contribution is 9.10. The van der Waals surface area contributed by atoms with E-state index in [-0.39, 0.29) is 0 Å². The van der Waals surface area contributed by atoms with E-state index in [4.69, 9.17) is 5.73 Å². The molecule has 0 aliphatic heterocycles. The zero-order valence-corrected chi connectivity index (χ0v) is 13.4. The number of anilines is 2. The molecule has 1 rings (SSSR count). The second kappa shape index (κ2) is 6.98. The van der Waals surface area contributed by atoms with Gasteiger partial charge in [-0.3, -0.25) is 0 Å². The average Bonchev–Trinajstić information content (AvgIpc) is 2.38. The van der Waals surface area contributed by atoms with Gasteiger partial charge in [-0.1, -0.05) is 20.3 Å². The SMILES string of the molecule is CCCCN(c1ncc(N)c(C)c1Br)C(C)CC. The van der Waals surface area contributed by atoms with E-state index >= 15 is 0 Å². The van der Waals surface area contributed by atoms with Crippen LogP contribution < -0.4 is 10.6 Å². The Kier molecular flexibility index (Phi) is 5.93. The van der Waals surface area contributed by atoms with Crippen LogP contribution in [0.5, 0.6) is 0 Å². The Morgan fingerprint density at radius 1 is 1.44 bits per heavy atom. The molecule has 4 heteroatoms. The van der Waals surface area contributed by atoms with Gasteiger partial charge in [0.15, 0.2) is 0 Å². The van der Waals surface area contributed by atoms with Gasteiger partial charge in [-0.2, -0.15) is 0 Å². The maximum Gasteiger partial charge on any atom is 0.143 e. The molecule has 18 heavy (non-hydrogen) atoms. The lowest BCUT2D eigenvalue weighted by Crippen LogP contribution is -2.34. The minimum Gasteiger partial charge on any atom is -0.397 e. The second-order valence-electron chi connectivity index (χ2n) is 4.78. The summed E-state index contributed by atoms with van der Waals surface area (Å²) in [5, 5.41) is 0. The largest absolute Gasteiger partial charge is 0.397 e. The smallest absolute Gasteiger partial charge is 0.143 e. The topological polar surface area (TPSA) is 42.2 Å². The van der Waals surface area contributed by atoms with E-state index in [0.29, 0.717) is 6.04 Å². The van der Waals surface area contributed by atoms with Crippen molar-refractivity contribution in [2.75, 3.05) is 17.2 Å². The normalized spacial score (nSPS) is 12.5. The van der Waals surface area contributed by atoms with E-state index in [1.807, 2.05) is 6.92 Å². The fourth-order valence-corrected chi connectivity index (χ4v) is 2.42. The molecule has 0 bridgehead atoms. The molecule has 0 saturated heterocycles. The summed E-state index contributed by atoms with van der Waals surface area (Å²) in [4.78, 5) is 6.89. The summed E-state index contributed by atoms with van der Waals surface area (Å²) in [5.74, 6) is 1.02. The third-order valence-corrected chi connectivity index (χ3v) is 4.38. The molecule has 0 aliphatic rings. The van der Waals surface area contributed by atoms with Crippen molar-refractivity contribution in [2.24, 2.45) is 0 Å². The zero-order valence-electron chi connectivity index (χ0n) is 11.8. The van der Waals surface area contributed by atoms with Crippen LogP contribution in [-0.2, 0) is 0 Å². The number of halogens is 1. The molecule has 2 N–H and O–H groups in total. The van der Waals surface area contributed by atoms with Crippen LogP contribution in [-0.4, -0.2) is 17.6 Å². The van der Waals surface area contributed by atoms with Crippen LogP contribution in [0.25, 0.3) is 0 Å². The van der Waals surface area contributed by atoms with Crippen molar-refractivity contribution in [1.29, 1.82) is 0 Å². The number of aromatic nitrogens is 1. The molecular weight excluding hydrogens is 290 g/mol. The highest BCUT2D eigenvalue weighted by Crippen LogP contribution is 2.32. The van der Waals surface area contributed by atoms with Crippen molar-refractivity contribution < 1.29 is 0 Å². The lowest BCUT2D eigenvalue weighted by Gasteiger charge is -2.31. The van der Waals surface area contributed by atoms with Gasteiger partial charge in [-0.25, -0.2) is 4.98 Å². The predicted octanol–water partition coefficient (Wildman–Crippen LogP) is 4.14. The summed E-state index contributed by atoms with van der Waals surface area (Å²) in [6.07, 6.45) is 5.25. The zero-order chi connectivity index (χ0) is 13.7. The van der Waals surface area contributed by atoms with Crippen LogP contribution in [0.15, 0.2) is 10.7 Å². The molecule has 102 valence electrons. The second-order valence-corrected chi connectivity index (χ2v) is 5.57. The summed E-state index contributed by atoms with van der Waals surface area (Å²) in [6, 6.07) is 0.489. The van der Waals surface area contributed by atoms with Gasteiger partial charge in [0.05, 0.1) is 16.4 Å². The van der Waals surface area contributed by atoms with Gasteiger partial charge in [0.25, 0.3) is 0 Å². The summed E-state index contributed by atoms with van der Waals surface area (Å²) in [7, 11) is 0. The number of nitrogens with two attached hydrogens (primary N) is 1. The lowest BCUT2D eigenvalue weighted by molar-refractivity contribution is 0.588. The van der Waals surface area contributed by atoms with Crippen LogP contribution in [0.3, 0.4) is 0 Å². The molecule has 3 nitrogen and oxygen atoms in total. The lowest BCUT2D eigenvalue weighted by atomic mass is 10.1. The van der Waals surface area contributed by atoms with Gasteiger partial charge >= 0.3 is 0 Å². The van der Waals surface area contributed by atoms with E-state index < -0.39 is 0 Å². The van der Waals surface area contributed by atoms with Crippen molar-refractivity contribution in [2.45, 2.75) is 53.0 Å². The Balaban J connectivity index is 3.08. The Bertz CT molecular complexity index is 393. The van der Waals surface area contributed by atoms with Crippen LogP contribution >= 0.6 is 15.9 Å². The van der Waals surface area contributed by atoms with Gasteiger partial charge in [0.1, 0.15) is 5.82 Å². The van der Waals surface area contributed by atoms with Crippen molar-refractivity contribution in [1.82, 2.24) is 4.98 Å². The first-order valence-electron chi connectivity index (χ1n) is 6.70. The third kappa shape index (κ3) is 3.37. The predicted molar refractivity (Wildman–Crippen MR) is 83.1 cm³/mol. The van der Waals surface area contributed by atoms with E-state index in [1.165, 1.54) is 12.8 Å². The maximum absolute atomic E-state index is 5.89. The van der Waals surface area contributed by atoms with Crippen LogP contribution in [0.1, 0.15) is 45.6 Å². The van der Waals surface area contributed by atoms with Crippen LogP contribution in [0.4, 0.5) is 11.5 Å². The Labute approximate surface area is 119 Å². The first-order valence-corrected chi connectivity index (χ1v) is 7.49. The minimum absolute atomic E-state index is 0.489. The van der Waals surface area contributed by atoms with Crippen molar-refractivity contribution in [3.05, 3.63) is 16.2 Å². The maximum atomic E-state index is 5.89. The summed E-state index contributed by atoms with van der Waals surface area (Å²) < 4.78 is 1.03. The number of pyridine rings is 1. The number of unbranched alkanes of at least 4 members (excludes halogenated alkanes) is 1. The van der Waals surface area contributed by atoms with Gasteiger partial charge in [0.2, 0.25) is 0 Å². The summed E-state index contributed by atoms with van der Waals surface area (Å²) >= 11 is 3.64. The Morgan fingerprint density at radius 2 is 2.11 bits per heavy atom. The quantitative estimate of drug-likeness (QED) is 0.858. The molecule has 1 aromatic heterocycles. The highest BCUT2D eigenvalue weighted by Gasteiger charge is 2.18. The number of nitrogen functional groups attached to an aromatic ring is 1. The molecule has 0 fully saturated rings. The van der Waals surface area contributed by atoms with E-state index in [0.717, 1.165) is 34.5 Å². The molecule has 0 spiro atoms. The monoisotopic (exact) mass is 313 g/mol. The van der Waals surface area contributed by atoms with Crippen LogP contribution in [0, 0.1) is 6.92 Å². The van der Waals surface area contributed by atoms with Gasteiger partial charge < -0.3 is 10.6 Å². The standard InChI is InChI=1S/C14H24BrN3/c1-5-7-8-18(10(3)6-2)14-13(15)11(4)12(16)9-17-14/h9-10H,5-8,16H2,1-4H3. The van der Waals surface area contributed by atoms with E-state index in [1.54, 1.807) is 6.20 Å². The molecule has 0 aromatic carbocycles. The Morgan fingerprint density at radius 3 is 2.67 bits per heavy atom. The van der Waals surface area contributed by atoms with Gasteiger partial charge in [-0.05, 0) is 48.2 Å². The first-order chi connectivity index (χ1) is 8.52. The van der Waals surface area contributed by atoms with E-state index in [2.05, 4.69) is 46.6 Å². The fraction of sp³-hybridized carbons (Fsp3) is 0.643. The third-order valence-electron chi connectivity index (χ3n) is 3.43. The molecule has 1 heterocycles. The number of hydrogen-bond donors (Lipinski definition) is 1. The molecule has 0 radical (unpaired) electrons. The molecule has 0 saturated carbocycles. The average molecular weight is 314 g/mol. The summed E-state index contributed by atoms with van der Waals surface area (Å²) in [6.45, 7) is 9.74. The van der Waals surface area contributed by atoms with Crippen molar-refractivity contribution >= 4 is 27.4 Å². The molecule has 0 aliphatic carbocycles. The number of rotatable bonds is 6. The van der Waals surface area contributed by atoms with Crippen LogP contribution in [0.2, 0.25) is 0 Å². The van der Waals surface area contributed by atoms with Gasteiger partial charge in [-0.15, -0.1) is 0 Å². The van der Waals surface area contributed by atoms with Crippen molar-refractivity contribution in [3.63, 3.8) is 0 Å². The molecule has 1 atom stereocenters.